The lowest BCUT2D eigenvalue weighted by Crippen LogP contribution is -2.46. The quantitative estimate of drug-likeness (QED) is 0.563. The second-order valence-electron chi connectivity index (χ2n) is 3.44. The van der Waals surface area contributed by atoms with Gasteiger partial charge < -0.3 is 12.9 Å². The van der Waals surface area contributed by atoms with Crippen molar-refractivity contribution in [2.75, 3.05) is 45.9 Å². The van der Waals surface area contributed by atoms with Gasteiger partial charge in [0.15, 0.2) is 0 Å². The average Bonchev–Trinajstić information content (AvgIpc) is 2.19. The number of rotatable bonds is 5. The van der Waals surface area contributed by atoms with E-state index in [1.54, 1.807) is 0 Å². The first-order valence-corrected chi connectivity index (χ1v) is 5.93. The van der Waals surface area contributed by atoms with Crippen molar-refractivity contribution < 1.29 is 3.07 Å². The summed E-state index contributed by atoms with van der Waals surface area (Å²) >= 11 is 1.96. The number of piperazine rings is 1. The molecule has 78 valence electrons. The third-order valence-corrected chi connectivity index (χ3v) is 3.05. The van der Waals surface area contributed by atoms with E-state index < -0.39 is 0 Å². The lowest BCUT2D eigenvalue weighted by atomic mass is 10.3. The van der Waals surface area contributed by atoms with Crippen molar-refractivity contribution in [2.45, 2.75) is 13.3 Å². The van der Waals surface area contributed by atoms with E-state index in [2.05, 4.69) is 16.7 Å². The minimum atomic E-state index is 0.883. The molecule has 1 saturated heterocycles. The van der Waals surface area contributed by atoms with Gasteiger partial charge in [0, 0.05) is 32.7 Å². The van der Waals surface area contributed by atoms with Gasteiger partial charge in [0.25, 0.3) is 0 Å². The molecule has 3 nitrogen and oxygen atoms in total. The standard InChI is InChI=1S/C9H19IN2O/c1-2-11-5-7-12(8-6-11)4-3-9-13-10/h2-9H2,1H3. The summed E-state index contributed by atoms with van der Waals surface area (Å²) in [6, 6.07) is 0. The third-order valence-electron chi connectivity index (χ3n) is 2.61. The first-order chi connectivity index (χ1) is 6.36. The van der Waals surface area contributed by atoms with Gasteiger partial charge in [-0.3, -0.25) is 0 Å². The molecule has 0 aromatic heterocycles. The highest BCUT2D eigenvalue weighted by Crippen LogP contribution is 2.02. The number of hydrogen-bond acceptors (Lipinski definition) is 3. The first-order valence-electron chi connectivity index (χ1n) is 5.05. The fourth-order valence-electron chi connectivity index (χ4n) is 1.67. The first kappa shape index (κ1) is 11.7. The third kappa shape index (κ3) is 4.58. The van der Waals surface area contributed by atoms with E-state index in [1.807, 2.05) is 23.0 Å². The second-order valence-corrected chi connectivity index (χ2v) is 4.07. The smallest absolute Gasteiger partial charge is 0.109 e. The van der Waals surface area contributed by atoms with Crippen LogP contribution in [0, 0.1) is 0 Å². The summed E-state index contributed by atoms with van der Waals surface area (Å²) in [5, 5.41) is 0. The van der Waals surface area contributed by atoms with Gasteiger partial charge in [-0.25, -0.2) is 0 Å². The lowest BCUT2D eigenvalue weighted by molar-refractivity contribution is 0.133. The molecule has 0 aromatic carbocycles. The maximum Gasteiger partial charge on any atom is 0.109 e. The molecule has 0 radical (unpaired) electrons. The number of nitrogens with zero attached hydrogens (tertiary/aromatic N) is 2. The largest absolute Gasteiger partial charge is 0.316 e. The van der Waals surface area contributed by atoms with Gasteiger partial charge >= 0.3 is 0 Å². The molecule has 1 rings (SSSR count). The van der Waals surface area contributed by atoms with E-state index in [4.69, 9.17) is 3.07 Å². The predicted molar refractivity (Wildman–Crippen MR) is 63.1 cm³/mol. The summed E-state index contributed by atoms with van der Waals surface area (Å²) in [7, 11) is 0. The van der Waals surface area contributed by atoms with Crippen LogP contribution in [-0.4, -0.2) is 55.7 Å². The van der Waals surface area contributed by atoms with E-state index in [0.717, 1.165) is 13.0 Å². The number of likely N-dealkylation sites (N-methyl/N-ethyl adjacent to an activating group) is 1. The molecule has 0 unspecified atom stereocenters. The fourth-order valence-corrected chi connectivity index (χ4v) is 1.98. The van der Waals surface area contributed by atoms with E-state index in [-0.39, 0.29) is 0 Å². The molecular formula is C9H19IN2O. The Bertz CT molecular complexity index is 124. The molecule has 0 saturated carbocycles. The molecule has 1 heterocycles. The van der Waals surface area contributed by atoms with Crippen LogP contribution in [0.25, 0.3) is 0 Å². The average molecular weight is 298 g/mol. The molecule has 0 aromatic rings. The van der Waals surface area contributed by atoms with E-state index in [0.29, 0.717) is 0 Å². The minimum absolute atomic E-state index is 0.883. The molecule has 0 bridgehead atoms. The van der Waals surface area contributed by atoms with Gasteiger partial charge in [-0.1, -0.05) is 6.92 Å². The monoisotopic (exact) mass is 298 g/mol. The van der Waals surface area contributed by atoms with Gasteiger partial charge in [-0.05, 0) is 13.0 Å². The molecule has 0 N–H and O–H groups in total. The Labute approximate surface area is 95.1 Å². The van der Waals surface area contributed by atoms with Crippen LogP contribution in [0.15, 0.2) is 0 Å². The van der Waals surface area contributed by atoms with Crippen LogP contribution < -0.4 is 0 Å². The summed E-state index contributed by atoms with van der Waals surface area (Å²) in [6.07, 6.45) is 1.16. The summed E-state index contributed by atoms with van der Waals surface area (Å²) in [4.78, 5) is 5.03. The van der Waals surface area contributed by atoms with Crippen molar-refractivity contribution in [2.24, 2.45) is 0 Å². The van der Waals surface area contributed by atoms with Crippen molar-refractivity contribution in [1.82, 2.24) is 9.80 Å². The van der Waals surface area contributed by atoms with Crippen molar-refractivity contribution >= 4 is 23.0 Å². The predicted octanol–water partition coefficient (Wildman–Crippen LogP) is 1.38. The number of hydrogen-bond donors (Lipinski definition) is 0. The van der Waals surface area contributed by atoms with Gasteiger partial charge in [0.05, 0.1) is 6.61 Å². The van der Waals surface area contributed by atoms with Gasteiger partial charge in [-0.15, -0.1) is 0 Å². The van der Waals surface area contributed by atoms with Crippen LogP contribution >= 0.6 is 23.0 Å². The molecular weight excluding hydrogens is 279 g/mol. The van der Waals surface area contributed by atoms with Crippen molar-refractivity contribution in [3.63, 3.8) is 0 Å². The maximum absolute atomic E-state index is 5.01. The summed E-state index contributed by atoms with van der Waals surface area (Å²) in [5.74, 6) is 0. The molecule has 4 heteroatoms. The van der Waals surface area contributed by atoms with E-state index >= 15 is 0 Å². The van der Waals surface area contributed by atoms with E-state index in [1.165, 1.54) is 39.3 Å². The molecule has 13 heavy (non-hydrogen) atoms. The SMILES string of the molecule is CCN1CCN(CCCOI)CC1. The highest BCUT2D eigenvalue weighted by Gasteiger charge is 2.14. The fraction of sp³-hybridized carbons (Fsp3) is 1.00. The zero-order chi connectivity index (χ0) is 9.52. The van der Waals surface area contributed by atoms with Gasteiger partial charge in [0.2, 0.25) is 0 Å². The topological polar surface area (TPSA) is 15.7 Å². The van der Waals surface area contributed by atoms with Crippen LogP contribution in [-0.2, 0) is 3.07 Å². The van der Waals surface area contributed by atoms with Crippen molar-refractivity contribution in [3.8, 4) is 0 Å². The Kier molecular flexibility index (Phi) is 6.27. The molecule has 0 aliphatic carbocycles. The second kappa shape index (κ2) is 6.98. The molecule has 1 aliphatic rings. The Morgan fingerprint density at radius 2 is 1.77 bits per heavy atom. The number of halogens is 1. The molecule has 0 amide bonds. The van der Waals surface area contributed by atoms with Crippen LogP contribution in [0.1, 0.15) is 13.3 Å². The summed E-state index contributed by atoms with van der Waals surface area (Å²) in [5.41, 5.74) is 0. The minimum Gasteiger partial charge on any atom is -0.316 e. The Balaban J connectivity index is 2.03. The molecule has 0 spiro atoms. The molecule has 1 aliphatic heterocycles. The maximum atomic E-state index is 5.01. The van der Waals surface area contributed by atoms with Crippen LogP contribution in [0.2, 0.25) is 0 Å². The van der Waals surface area contributed by atoms with Crippen LogP contribution in [0.4, 0.5) is 0 Å². The van der Waals surface area contributed by atoms with Crippen LogP contribution in [0.3, 0.4) is 0 Å². The Hall–Kier alpha value is 0.610. The zero-order valence-corrected chi connectivity index (χ0v) is 10.5. The Morgan fingerprint density at radius 1 is 1.15 bits per heavy atom. The van der Waals surface area contributed by atoms with Gasteiger partial charge in [0.1, 0.15) is 23.0 Å². The summed E-state index contributed by atoms with van der Waals surface area (Å²) in [6.45, 7) is 10.5. The zero-order valence-electron chi connectivity index (χ0n) is 8.34. The highest BCUT2D eigenvalue weighted by atomic mass is 127. The summed E-state index contributed by atoms with van der Waals surface area (Å²) < 4.78 is 5.01. The lowest BCUT2D eigenvalue weighted by Gasteiger charge is -2.33. The van der Waals surface area contributed by atoms with Crippen LogP contribution in [0.5, 0.6) is 0 Å². The van der Waals surface area contributed by atoms with Gasteiger partial charge in [-0.2, -0.15) is 0 Å². The highest BCUT2D eigenvalue weighted by molar-refractivity contribution is 14.1. The normalized spacial score (nSPS) is 20.8. The van der Waals surface area contributed by atoms with Crippen molar-refractivity contribution in [1.29, 1.82) is 0 Å². The molecule has 0 atom stereocenters. The van der Waals surface area contributed by atoms with Crippen molar-refractivity contribution in [3.05, 3.63) is 0 Å². The molecule has 1 fully saturated rings. The van der Waals surface area contributed by atoms with E-state index in [9.17, 15) is 0 Å². The Morgan fingerprint density at radius 3 is 2.31 bits per heavy atom.